The number of aryl methyl sites for hydroxylation is 1. The van der Waals surface area contributed by atoms with Crippen molar-refractivity contribution in [2.24, 2.45) is 0 Å². The summed E-state index contributed by atoms with van der Waals surface area (Å²) in [6, 6.07) is 12.2. The van der Waals surface area contributed by atoms with Gasteiger partial charge < -0.3 is 28.9 Å². The molecule has 50 heavy (non-hydrogen) atoms. The molecule has 3 saturated heterocycles. The van der Waals surface area contributed by atoms with Gasteiger partial charge in [0.25, 0.3) is 6.43 Å². The second-order valence-corrected chi connectivity index (χ2v) is 14.1. The number of piperidine rings is 1. The molecule has 1 aromatic carbocycles. The SMILES string of the molecule is COC[C@@H]1COC2(CCN(c3cc4c(c(C(F)F)n3)C=CC[C@H]3[C@H](N5CCN(C(=O)OCc6ccccc6)CC5)CN43)CC2)c2c(C)cnn21. The standard InChI is InChI=1S/C37H45F2N7O4/c1-25-20-40-46-27(23-48-2)24-50-37(34(25)46)11-13-43(14-12-37)32-19-30-28(33(41-32)35(38)39)9-6-10-29-31(21-45(29)30)42-15-17-44(18-16-42)36(47)49-22-26-7-4-3-5-8-26/h3-9,19-20,27,29,31,35H,10-18,21-24H2,1-2H3/t27-,29+,31-/m1/s1. The Morgan fingerprint density at radius 3 is 2.60 bits per heavy atom. The molecule has 5 aliphatic rings. The van der Waals surface area contributed by atoms with Crippen molar-refractivity contribution in [1.82, 2.24) is 24.6 Å². The maximum atomic E-state index is 14.6. The van der Waals surface area contributed by atoms with E-state index in [1.165, 1.54) is 0 Å². The Kier molecular flexibility index (Phi) is 8.98. The first-order chi connectivity index (χ1) is 24.3. The fourth-order valence-electron chi connectivity index (χ4n) is 8.58. The number of alkyl halides is 2. The molecular formula is C37H45F2N7O4. The number of carbonyl (C=O) groups is 1. The molecule has 1 amide bonds. The maximum absolute atomic E-state index is 14.6. The van der Waals surface area contributed by atoms with Crippen molar-refractivity contribution in [1.29, 1.82) is 0 Å². The van der Waals surface area contributed by atoms with Crippen LogP contribution >= 0.6 is 0 Å². The highest BCUT2D eigenvalue weighted by atomic mass is 19.3. The highest BCUT2D eigenvalue weighted by molar-refractivity contribution is 5.76. The third-order valence-electron chi connectivity index (χ3n) is 11.3. The van der Waals surface area contributed by atoms with Gasteiger partial charge in [-0.1, -0.05) is 42.5 Å². The summed E-state index contributed by atoms with van der Waals surface area (Å²) in [5, 5.41) is 4.67. The van der Waals surface area contributed by atoms with Crippen LogP contribution in [-0.2, 0) is 26.4 Å². The number of ether oxygens (including phenoxy) is 3. The van der Waals surface area contributed by atoms with E-state index in [1.807, 2.05) is 54.7 Å². The Hall–Kier alpha value is -4.07. The fourth-order valence-corrected chi connectivity index (χ4v) is 8.58. The number of amides is 1. The normalized spacial score (nSPS) is 24.4. The molecule has 0 saturated carbocycles. The number of pyridine rings is 1. The highest BCUT2D eigenvalue weighted by Crippen LogP contribution is 2.46. The van der Waals surface area contributed by atoms with Gasteiger partial charge in [0.15, 0.2) is 0 Å². The second kappa shape index (κ2) is 13.6. The van der Waals surface area contributed by atoms with Crippen molar-refractivity contribution < 1.29 is 27.8 Å². The molecule has 0 aliphatic carbocycles. The molecule has 8 rings (SSSR count). The molecule has 0 unspecified atom stereocenters. The number of hydrogen-bond donors (Lipinski definition) is 0. The molecule has 3 aromatic rings. The third kappa shape index (κ3) is 5.92. The van der Waals surface area contributed by atoms with Crippen LogP contribution in [0, 0.1) is 6.92 Å². The number of anilines is 2. The molecule has 11 nitrogen and oxygen atoms in total. The first-order valence-electron chi connectivity index (χ1n) is 17.7. The Morgan fingerprint density at radius 2 is 1.86 bits per heavy atom. The van der Waals surface area contributed by atoms with E-state index in [1.54, 1.807) is 12.0 Å². The first-order valence-corrected chi connectivity index (χ1v) is 17.7. The maximum Gasteiger partial charge on any atom is 0.410 e. The Bertz CT molecular complexity index is 1720. The minimum atomic E-state index is -2.69. The smallest absolute Gasteiger partial charge is 0.410 e. The van der Waals surface area contributed by atoms with Crippen LogP contribution < -0.4 is 9.80 Å². The number of hydrogen-bond acceptors (Lipinski definition) is 9. The number of piperazine rings is 1. The van der Waals surface area contributed by atoms with Gasteiger partial charge in [0.05, 0.1) is 36.8 Å². The summed E-state index contributed by atoms with van der Waals surface area (Å²) in [6.07, 6.45) is 4.96. The van der Waals surface area contributed by atoms with E-state index < -0.39 is 12.0 Å². The van der Waals surface area contributed by atoms with Crippen molar-refractivity contribution in [3.63, 3.8) is 0 Å². The van der Waals surface area contributed by atoms with Crippen molar-refractivity contribution in [2.75, 3.05) is 75.9 Å². The van der Waals surface area contributed by atoms with Crippen LogP contribution in [0.5, 0.6) is 0 Å². The lowest BCUT2D eigenvalue weighted by Gasteiger charge is -2.55. The molecular weight excluding hydrogens is 644 g/mol. The second-order valence-electron chi connectivity index (χ2n) is 14.1. The summed E-state index contributed by atoms with van der Waals surface area (Å²) in [5.41, 5.74) is 3.87. The van der Waals surface area contributed by atoms with Gasteiger partial charge in [-0.05, 0) is 37.3 Å². The van der Waals surface area contributed by atoms with E-state index in [-0.39, 0.29) is 36.5 Å². The zero-order valence-electron chi connectivity index (χ0n) is 28.7. The minimum absolute atomic E-state index is 0.0267. The van der Waals surface area contributed by atoms with Gasteiger partial charge in [-0.3, -0.25) is 9.58 Å². The minimum Gasteiger partial charge on any atom is -0.445 e. The van der Waals surface area contributed by atoms with Crippen LogP contribution in [0.3, 0.4) is 0 Å². The van der Waals surface area contributed by atoms with Crippen LogP contribution in [0.2, 0.25) is 0 Å². The topological polar surface area (TPSA) is 88.4 Å². The lowest BCUT2D eigenvalue weighted by Crippen LogP contribution is -2.69. The van der Waals surface area contributed by atoms with Gasteiger partial charge in [-0.2, -0.15) is 5.10 Å². The Labute approximate surface area is 291 Å². The van der Waals surface area contributed by atoms with Crippen LogP contribution in [0.1, 0.15) is 59.8 Å². The first kappa shape index (κ1) is 33.1. The number of nitrogens with zero attached hydrogens (tertiary/aromatic N) is 7. The van der Waals surface area contributed by atoms with Crippen molar-refractivity contribution in [3.8, 4) is 0 Å². The fraction of sp³-hybridized carbons (Fsp3) is 0.541. The van der Waals surface area contributed by atoms with E-state index >= 15 is 0 Å². The van der Waals surface area contributed by atoms with E-state index in [0.717, 1.165) is 48.6 Å². The number of fused-ring (bicyclic) bond motifs is 5. The quantitative estimate of drug-likeness (QED) is 0.334. The number of halogens is 2. The molecule has 1 spiro atoms. The van der Waals surface area contributed by atoms with E-state index in [0.29, 0.717) is 63.6 Å². The zero-order valence-corrected chi connectivity index (χ0v) is 28.7. The van der Waals surface area contributed by atoms with Crippen molar-refractivity contribution >= 4 is 23.7 Å². The number of carbonyl (C=O) groups excluding carboxylic acids is 1. The molecule has 0 N–H and O–H groups in total. The van der Waals surface area contributed by atoms with Crippen molar-refractivity contribution in [3.05, 3.63) is 76.7 Å². The molecule has 3 atom stereocenters. The molecule has 3 fully saturated rings. The number of methoxy groups -OCH3 is 1. The lowest BCUT2D eigenvalue weighted by molar-refractivity contribution is -0.116. The van der Waals surface area contributed by atoms with E-state index in [9.17, 15) is 13.6 Å². The van der Waals surface area contributed by atoms with Gasteiger partial charge in [-0.25, -0.2) is 18.6 Å². The van der Waals surface area contributed by atoms with E-state index in [2.05, 4.69) is 36.4 Å². The van der Waals surface area contributed by atoms with Gasteiger partial charge in [-0.15, -0.1) is 0 Å². The van der Waals surface area contributed by atoms with Crippen LogP contribution in [0.4, 0.5) is 25.1 Å². The van der Waals surface area contributed by atoms with Crippen molar-refractivity contribution in [2.45, 2.75) is 62.9 Å². The largest absolute Gasteiger partial charge is 0.445 e. The van der Waals surface area contributed by atoms with Gasteiger partial charge in [0, 0.05) is 76.6 Å². The van der Waals surface area contributed by atoms with Crippen LogP contribution in [0.25, 0.3) is 6.08 Å². The summed E-state index contributed by atoms with van der Waals surface area (Å²) in [5.74, 6) is 0.590. The zero-order chi connectivity index (χ0) is 34.4. The molecule has 7 heterocycles. The number of aromatic nitrogens is 3. The average Bonchev–Trinajstić information content (AvgIpc) is 3.47. The molecule has 266 valence electrons. The molecule has 13 heteroatoms. The molecule has 2 aromatic heterocycles. The Balaban J connectivity index is 0.946. The summed E-state index contributed by atoms with van der Waals surface area (Å²) in [6.45, 7) is 8.07. The monoisotopic (exact) mass is 689 g/mol. The lowest BCUT2D eigenvalue weighted by atomic mass is 9.84. The summed E-state index contributed by atoms with van der Waals surface area (Å²) in [7, 11) is 1.69. The third-order valence-corrected chi connectivity index (χ3v) is 11.3. The van der Waals surface area contributed by atoms with Gasteiger partial charge in [0.2, 0.25) is 0 Å². The molecule has 0 bridgehead atoms. The predicted molar refractivity (Wildman–Crippen MR) is 184 cm³/mol. The van der Waals surface area contributed by atoms with Crippen LogP contribution in [-0.4, -0.2) is 109 Å². The van der Waals surface area contributed by atoms with Gasteiger partial charge in [0.1, 0.15) is 23.7 Å². The highest BCUT2D eigenvalue weighted by Gasteiger charge is 2.47. The van der Waals surface area contributed by atoms with E-state index in [4.69, 9.17) is 14.2 Å². The predicted octanol–water partition coefficient (Wildman–Crippen LogP) is 5.17. The molecule has 5 aliphatic heterocycles. The summed E-state index contributed by atoms with van der Waals surface area (Å²) >= 11 is 0. The average molecular weight is 690 g/mol. The Morgan fingerprint density at radius 1 is 1.08 bits per heavy atom. The van der Waals surface area contributed by atoms with Gasteiger partial charge >= 0.3 is 6.09 Å². The summed E-state index contributed by atoms with van der Waals surface area (Å²) in [4.78, 5) is 26.0. The molecule has 0 radical (unpaired) electrons. The number of rotatable bonds is 7. The summed E-state index contributed by atoms with van der Waals surface area (Å²) < 4.78 is 48.9. The van der Waals surface area contributed by atoms with Crippen LogP contribution in [0.15, 0.2) is 48.7 Å². The number of benzene rings is 1.